The molecule has 1 saturated heterocycles. The van der Waals surface area contributed by atoms with Crippen LogP contribution in [0.1, 0.15) is 20.3 Å². The number of rotatable bonds is 5. The number of anilines is 1. The number of hydrogen-bond donors (Lipinski definition) is 2. The highest BCUT2D eigenvalue weighted by atomic mass is 16.5. The van der Waals surface area contributed by atoms with Gasteiger partial charge in [0, 0.05) is 37.0 Å². The Hall–Kier alpha value is -2.64. The third-order valence-corrected chi connectivity index (χ3v) is 4.80. The Labute approximate surface area is 165 Å². The van der Waals surface area contributed by atoms with Crippen molar-refractivity contribution < 1.29 is 9.84 Å². The molecule has 0 aromatic carbocycles. The largest absolute Gasteiger partial charge is 0.489 e. The summed E-state index contributed by atoms with van der Waals surface area (Å²) in [5.74, 6) is 1.67. The Balaban J connectivity index is 1.63. The number of ether oxygens (including phenoxy) is 1. The maximum atomic E-state index is 9.95. The standard InChI is InChI=1S/C21H27N5O2/c1-21(2,27)15-28-17-12-18(19-6-8-24-26(19)14-17)16-4-5-20(23-13-16)25-10-3-7-22-9-11-25/h4-6,8,12-14,22,27H,3,7,9-11,15H2,1-2H3. The summed E-state index contributed by atoms with van der Waals surface area (Å²) in [6.07, 6.45) is 6.64. The van der Waals surface area contributed by atoms with E-state index in [2.05, 4.69) is 27.4 Å². The van der Waals surface area contributed by atoms with Crippen LogP contribution in [0, 0.1) is 0 Å². The van der Waals surface area contributed by atoms with Crippen LogP contribution < -0.4 is 15.0 Å². The third-order valence-electron chi connectivity index (χ3n) is 4.80. The average Bonchev–Trinajstić information content (AvgIpc) is 2.98. The van der Waals surface area contributed by atoms with Gasteiger partial charge in [0.05, 0.1) is 23.5 Å². The normalized spacial score (nSPS) is 15.6. The van der Waals surface area contributed by atoms with E-state index in [0.29, 0.717) is 5.75 Å². The van der Waals surface area contributed by atoms with E-state index in [4.69, 9.17) is 9.72 Å². The predicted octanol–water partition coefficient (Wildman–Crippen LogP) is 2.35. The van der Waals surface area contributed by atoms with Gasteiger partial charge in [-0.15, -0.1) is 0 Å². The van der Waals surface area contributed by atoms with Gasteiger partial charge in [-0.25, -0.2) is 9.50 Å². The van der Waals surface area contributed by atoms with Gasteiger partial charge in [0.1, 0.15) is 18.2 Å². The highest BCUT2D eigenvalue weighted by Gasteiger charge is 2.16. The van der Waals surface area contributed by atoms with Crippen LogP contribution in [0.2, 0.25) is 0 Å². The van der Waals surface area contributed by atoms with Crippen molar-refractivity contribution in [3.63, 3.8) is 0 Å². The Morgan fingerprint density at radius 1 is 1.21 bits per heavy atom. The molecule has 0 radical (unpaired) electrons. The number of aromatic nitrogens is 3. The van der Waals surface area contributed by atoms with Gasteiger partial charge in [0.25, 0.3) is 0 Å². The van der Waals surface area contributed by atoms with Crippen LogP contribution in [0.25, 0.3) is 16.6 Å². The number of pyridine rings is 2. The van der Waals surface area contributed by atoms with Gasteiger partial charge in [-0.3, -0.25) is 0 Å². The Morgan fingerprint density at radius 3 is 2.89 bits per heavy atom. The summed E-state index contributed by atoms with van der Waals surface area (Å²) in [5.41, 5.74) is 2.10. The Morgan fingerprint density at radius 2 is 2.11 bits per heavy atom. The van der Waals surface area contributed by atoms with Gasteiger partial charge in [0.2, 0.25) is 0 Å². The lowest BCUT2D eigenvalue weighted by Crippen LogP contribution is -2.28. The predicted molar refractivity (Wildman–Crippen MR) is 110 cm³/mol. The molecule has 0 atom stereocenters. The van der Waals surface area contributed by atoms with Crippen LogP contribution >= 0.6 is 0 Å². The third kappa shape index (κ3) is 4.26. The van der Waals surface area contributed by atoms with E-state index in [1.165, 1.54) is 0 Å². The number of nitrogens with zero attached hydrogens (tertiary/aromatic N) is 4. The van der Waals surface area contributed by atoms with Crippen molar-refractivity contribution in [2.45, 2.75) is 25.9 Å². The first kappa shape index (κ1) is 18.7. The molecule has 4 rings (SSSR count). The first-order valence-electron chi connectivity index (χ1n) is 9.74. The first-order valence-corrected chi connectivity index (χ1v) is 9.74. The highest BCUT2D eigenvalue weighted by Crippen LogP contribution is 2.29. The highest BCUT2D eigenvalue weighted by molar-refractivity contribution is 5.81. The van der Waals surface area contributed by atoms with Crippen LogP contribution in [-0.4, -0.2) is 58.1 Å². The lowest BCUT2D eigenvalue weighted by atomic mass is 10.1. The summed E-state index contributed by atoms with van der Waals surface area (Å²) >= 11 is 0. The van der Waals surface area contributed by atoms with Crippen LogP contribution in [0.5, 0.6) is 5.75 Å². The monoisotopic (exact) mass is 381 g/mol. The molecule has 1 aliphatic heterocycles. The van der Waals surface area contributed by atoms with Crippen molar-refractivity contribution in [3.05, 3.63) is 42.9 Å². The molecule has 0 saturated carbocycles. The molecule has 28 heavy (non-hydrogen) atoms. The van der Waals surface area contributed by atoms with Crippen LogP contribution in [0.3, 0.4) is 0 Å². The molecule has 4 heterocycles. The molecule has 0 amide bonds. The van der Waals surface area contributed by atoms with E-state index in [1.807, 2.05) is 24.5 Å². The van der Waals surface area contributed by atoms with Crippen molar-refractivity contribution in [2.75, 3.05) is 37.7 Å². The molecule has 0 aliphatic carbocycles. The summed E-state index contributed by atoms with van der Waals surface area (Å²) in [6, 6.07) is 8.14. The second-order valence-corrected chi connectivity index (χ2v) is 7.85. The average molecular weight is 381 g/mol. The molecule has 7 heteroatoms. The minimum absolute atomic E-state index is 0.208. The van der Waals surface area contributed by atoms with E-state index in [0.717, 1.165) is 55.1 Å². The lowest BCUT2D eigenvalue weighted by Gasteiger charge is -2.21. The van der Waals surface area contributed by atoms with Crippen molar-refractivity contribution in [1.29, 1.82) is 0 Å². The molecule has 0 unspecified atom stereocenters. The van der Waals surface area contributed by atoms with Crippen LogP contribution in [-0.2, 0) is 0 Å². The summed E-state index contributed by atoms with van der Waals surface area (Å²) in [5, 5.41) is 17.7. The fourth-order valence-corrected chi connectivity index (χ4v) is 3.38. The number of fused-ring (bicyclic) bond motifs is 1. The summed E-state index contributed by atoms with van der Waals surface area (Å²) in [7, 11) is 0. The summed E-state index contributed by atoms with van der Waals surface area (Å²) in [4.78, 5) is 7.03. The maximum Gasteiger partial charge on any atom is 0.138 e. The van der Waals surface area contributed by atoms with E-state index in [1.54, 1.807) is 24.6 Å². The molecular weight excluding hydrogens is 354 g/mol. The van der Waals surface area contributed by atoms with Crippen molar-refractivity contribution in [3.8, 4) is 16.9 Å². The quantitative estimate of drug-likeness (QED) is 0.707. The molecule has 7 nitrogen and oxygen atoms in total. The number of nitrogens with one attached hydrogen (secondary N) is 1. The van der Waals surface area contributed by atoms with Crippen LogP contribution in [0.15, 0.2) is 42.9 Å². The van der Waals surface area contributed by atoms with E-state index in [-0.39, 0.29) is 6.61 Å². The lowest BCUT2D eigenvalue weighted by molar-refractivity contribution is 0.0283. The smallest absolute Gasteiger partial charge is 0.138 e. The molecular formula is C21H27N5O2. The zero-order valence-corrected chi connectivity index (χ0v) is 16.4. The minimum Gasteiger partial charge on any atom is -0.489 e. The van der Waals surface area contributed by atoms with Gasteiger partial charge >= 0.3 is 0 Å². The SMILES string of the molecule is CC(C)(O)COc1cc(-c2ccc(N3CCCNCC3)nc2)c2ccnn2c1. The number of aliphatic hydroxyl groups is 1. The fraction of sp³-hybridized carbons (Fsp3) is 0.429. The Bertz CT molecular complexity index is 922. The molecule has 148 valence electrons. The van der Waals surface area contributed by atoms with Crippen molar-refractivity contribution >= 4 is 11.3 Å². The van der Waals surface area contributed by atoms with E-state index < -0.39 is 5.60 Å². The molecule has 1 aliphatic rings. The Kier molecular flexibility index (Phi) is 5.19. The summed E-state index contributed by atoms with van der Waals surface area (Å²) < 4.78 is 7.59. The molecule has 3 aromatic rings. The molecule has 0 spiro atoms. The van der Waals surface area contributed by atoms with Gasteiger partial charge in [-0.2, -0.15) is 5.10 Å². The van der Waals surface area contributed by atoms with Gasteiger partial charge < -0.3 is 20.1 Å². The maximum absolute atomic E-state index is 9.95. The fourth-order valence-electron chi connectivity index (χ4n) is 3.38. The zero-order chi connectivity index (χ0) is 19.6. The second kappa shape index (κ2) is 7.77. The van der Waals surface area contributed by atoms with E-state index >= 15 is 0 Å². The van der Waals surface area contributed by atoms with Crippen molar-refractivity contribution in [1.82, 2.24) is 19.9 Å². The second-order valence-electron chi connectivity index (χ2n) is 7.85. The van der Waals surface area contributed by atoms with Gasteiger partial charge in [-0.1, -0.05) is 0 Å². The molecule has 3 aromatic heterocycles. The summed E-state index contributed by atoms with van der Waals surface area (Å²) in [6.45, 7) is 7.69. The molecule has 2 N–H and O–H groups in total. The first-order chi connectivity index (χ1) is 13.5. The number of hydrogen-bond acceptors (Lipinski definition) is 6. The van der Waals surface area contributed by atoms with Gasteiger partial charge in [-0.05, 0) is 51.1 Å². The topological polar surface area (TPSA) is 74.9 Å². The zero-order valence-electron chi connectivity index (χ0n) is 16.4. The van der Waals surface area contributed by atoms with Crippen LogP contribution in [0.4, 0.5) is 5.82 Å². The molecule has 1 fully saturated rings. The minimum atomic E-state index is -0.898. The molecule has 0 bridgehead atoms. The van der Waals surface area contributed by atoms with Crippen molar-refractivity contribution in [2.24, 2.45) is 0 Å². The van der Waals surface area contributed by atoms with Gasteiger partial charge in [0.15, 0.2) is 0 Å². The van der Waals surface area contributed by atoms with E-state index in [9.17, 15) is 5.11 Å².